The minimum Gasteiger partial charge on any atom is -0.365 e. The summed E-state index contributed by atoms with van der Waals surface area (Å²) in [6.07, 6.45) is 2.71. The smallest absolute Gasteiger partial charge is 0.274 e. The second kappa shape index (κ2) is 4.71. The molecule has 1 N–H and O–H groups in total. The Morgan fingerprint density at radius 3 is 3.15 bits per heavy atom. The molecule has 1 saturated heterocycles. The minimum atomic E-state index is -0.467. The second-order valence-electron chi connectivity index (χ2n) is 2.53. The fourth-order valence-corrected chi connectivity index (χ4v) is 1.21. The highest BCUT2D eigenvalue weighted by Crippen LogP contribution is 2.06. The third-order valence-electron chi connectivity index (χ3n) is 1.67. The molecule has 0 atom stereocenters. The van der Waals surface area contributed by atoms with E-state index in [4.69, 9.17) is 11.6 Å². The van der Waals surface area contributed by atoms with Crippen LogP contribution in [0.3, 0.4) is 0 Å². The molecule has 0 radical (unpaired) electrons. The zero-order valence-corrected chi connectivity index (χ0v) is 7.70. The van der Waals surface area contributed by atoms with Crippen LogP contribution in [-0.2, 0) is 0 Å². The SMILES string of the molecule is O=[N+]([O-])/C=C1\NCCN1C/C=C\Cl. The fraction of sp³-hybridized carbons (Fsp3) is 0.429. The number of hydrogen-bond acceptors (Lipinski definition) is 4. The lowest BCUT2D eigenvalue weighted by atomic mass is 10.5. The summed E-state index contributed by atoms with van der Waals surface area (Å²) in [6.45, 7) is 2.09. The van der Waals surface area contributed by atoms with Gasteiger partial charge in [0.1, 0.15) is 0 Å². The van der Waals surface area contributed by atoms with E-state index < -0.39 is 4.92 Å². The molecule has 6 heteroatoms. The first-order valence-corrected chi connectivity index (χ1v) is 4.27. The van der Waals surface area contributed by atoms with Gasteiger partial charge < -0.3 is 10.2 Å². The van der Waals surface area contributed by atoms with E-state index in [0.29, 0.717) is 12.4 Å². The molecule has 0 spiro atoms. The van der Waals surface area contributed by atoms with Crippen molar-refractivity contribution in [3.05, 3.63) is 33.7 Å². The fourth-order valence-electron chi connectivity index (χ4n) is 1.14. The molecule has 0 bridgehead atoms. The Morgan fingerprint density at radius 1 is 1.77 bits per heavy atom. The van der Waals surface area contributed by atoms with Crippen molar-refractivity contribution in [1.82, 2.24) is 10.2 Å². The summed E-state index contributed by atoms with van der Waals surface area (Å²) in [4.78, 5) is 11.6. The lowest BCUT2D eigenvalue weighted by Gasteiger charge is -2.13. The summed E-state index contributed by atoms with van der Waals surface area (Å²) >= 11 is 5.35. The van der Waals surface area contributed by atoms with Gasteiger partial charge in [0.05, 0.1) is 4.92 Å². The van der Waals surface area contributed by atoms with Crippen molar-refractivity contribution in [2.45, 2.75) is 0 Å². The van der Waals surface area contributed by atoms with Gasteiger partial charge in [0.15, 0.2) is 5.82 Å². The first kappa shape index (κ1) is 9.85. The van der Waals surface area contributed by atoms with Crippen molar-refractivity contribution in [3.63, 3.8) is 0 Å². The van der Waals surface area contributed by atoms with E-state index in [1.807, 2.05) is 4.90 Å². The van der Waals surface area contributed by atoms with Gasteiger partial charge in [0.25, 0.3) is 6.20 Å². The maximum absolute atomic E-state index is 10.2. The van der Waals surface area contributed by atoms with Crippen molar-refractivity contribution < 1.29 is 4.92 Å². The number of nitro groups is 1. The van der Waals surface area contributed by atoms with E-state index in [1.165, 1.54) is 5.54 Å². The first-order valence-electron chi connectivity index (χ1n) is 3.83. The molecule has 1 heterocycles. The molecule has 0 unspecified atom stereocenters. The number of nitrogens with zero attached hydrogens (tertiary/aromatic N) is 2. The van der Waals surface area contributed by atoms with Crippen LogP contribution in [0.2, 0.25) is 0 Å². The van der Waals surface area contributed by atoms with Crippen LogP contribution in [0.25, 0.3) is 0 Å². The maximum atomic E-state index is 10.2. The highest BCUT2D eigenvalue weighted by molar-refractivity contribution is 6.25. The average molecular weight is 204 g/mol. The van der Waals surface area contributed by atoms with Crippen LogP contribution in [0, 0.1) is 10.1 Å². The number of halogens is 1. The molecule has 13 heavy (non-hydrogen) atoms. The largest absolute Gasteiger partial charge is 0.365 e. The Hall–Kier alpha value is -1.23. The van der Waals surface area contributed by atoms with Gasteiger partial charge in [-0.3, -0.25) is 10.1 Å². The quantitative estimate of drug-likeness (QED) is 0.543. The van der Waals surface area contributed by atoms with E-state index >= 15 is 0 Å². The van der Waals surface area contributed by atoms with Gasteiger partial charge in [0, 0.05) is 25.2 Å². The molecule has 0 aromatic rings. The Labute approximate surface area is 80.8 Å². The Balaban J connectivity index is 2.58. The van der Waals surface area contributed by atoms with Crippen molar-refractivity contribution in [2.75, 3.05) is 19.6 Å². The molecule has 0 aliphatic carbocycles. The minimum absolute atomic E-state index is 0.467. The van der Waals surface area contributed by atoms with Crippen LogP contribution in [0.4, 0.5) is 0 Å². The summed E-state index contributed by atoms with van der Waals surface area (Å²) in [7, 11) is 0. The van der Waals surface area contributed by atoms with Gasteiger partial charge in [-0.05, 0) is 0 Å². The molecule has 72 valence electrons. The topological polar surface area (TPSA) is 58.4 Å². The summed E-state index contributed by atoms with van der Waals surface area (Å²) in [5, 5.41) is 13.1. The highest BCUT2D eigenvalue weighted by atomic mass is 35.5. The predicted octanol–water partition coefficient (Wildman–Crippen LogP) is 0.720. The molecular weight excluding hydrogens is 194 g/mol. The molecular formula is C7H10ClN3O2. The summed E-state index contributed by atoms with van der Waals surface area (Å²) in [5.74, 6) is 0.541. The number of rotatable bonds is 3. The predicted molar refractivity (Wildman–Crippen MR) is 49.6 cm³/mol. The molecule has 0 aromatic carbocycles. The van der Waals surface area contributed by atoms with Gasteiger partial charge in [0.2, 0.25) is 0 Å². The highest BCUT2D eigenvalue weighted by Gasteiger charge is 2.17. The third kappa shape index (κ3) is 2.95. The van der Waals surface area contributed by atoms with Gasteiger partial charge in [-0.2, -0.15) is 0 Å². The van der Waals surface area contributed by atoms with E-state index in [9.17, 15) is 10.1 Å². The van der Waals surface area contributed by atoms with E-state index in [1.54, 1.807) is 6.08 Å². The Bertz CT molecular complexity index is 252. The van der Waals surface area contributed by atoms with Crippen LogP contribution in [0.1, 0.15) is 0 Å². The summed E-state index contributed by atoms with van der Waals surface area (Å²) in [6, 6.07) is 0. The van der Waals surface area contributed by atoms with Crippen LogP contribution < -0.4 is 5.32 Å². The van der Waals surface area contributed by atoms with E-state index in [2.05, 4.69) is 5.32 Å². The van der Waals surface area contributed by atoms with Gasteiger partial charge in [-0.1, -0.05) is 17.7 Å². The lowest BCUT2D eigenvalue weighted by Crippen LogP contribution is -2.20. The summed E-state index contributed by atoms with van der Waals surface area (Å²) < 4.78 is 0. The van der Waals surface area contributed by atoms with Crippen molar-refractivity contribution in [2.24, 2.45) is 0 Å². The monoisotopic (exact) mass is 203 g/mol. The molecule has 5 nitrogen and oxygen atoms in total. The second-order valence-corrected chi connectivity index (χ2v) is 2.79. The van der Waals surface area contributed by atoms with Crippen molar-refractivity contribution in [1.29, 1.82) is 0 Å². The number of nitrogens with one attached hydrogen (secondary N) is 1. The van der Waals surface area contributed by atoms with Crippen molar-refractivity contribution >= 4 is 11.6 Å². The molecule has 0 saturated carbocycles. The molecule has 0 aromatic heterocycles. The number of hydrogen-bond donors (Lipinski definition) is 1. The van der Waals surface area contributed by atoms with Crippen molar-refractivity contribution in [3.8, 4) is 0 Å². The molecule has 1 rings (SSSR count). The van der Waals surface area contributed by atoms with Crippen LogP contribution in [-0.4, -0.2) is 29.5 Å². The van der Waals surface area contributed by atoms with Crippen LogP contribution in [0.15, 0.2) is 23.6 Å². The Morgan fingerprint density at radius 2 is 2.54 bits per heavy atom. The normalized spacial score (nSPS) is 19.8. The molecule has 0 amide bonds. The molecule has 1 aliphatic rings. The zero-order valence-electron chi connectivity index (χ0n) is 6.94. The zero-order chi connectivity index (χ0) is 9.68. The maximum Gasteiger partial charge on any atom is 0.274 e. The molecule has 1 aliphatic heterocycles. The third-order valence-corrected chi connectivity index (χ3v) is 1.85. The van der Waals surface area contributed by atoms with Crippen LogP contribution in [0.5, 0.6) is 0 Å². The average Bonchev–Trinajstić information content (AvgIpc) is 2.48. The van der Waals surface area contributed by atoms with Gasteiger partial charge >= 0.3 is 0 Å². The first-order chi connectivity index (χ1) is 6.24. The van der Waals surface area contributed by atoms with E-state index in [0.717, 1.165) is 19.3 Å². The van der Waals surface area contributed by atoms with E-state index in [-0.39, 0.29) is 0 Å². The van der Waals surface area contributed by atoms with Gasteiger partial charge in [-0.15, -0.1) is 0 Å². The summed E-state index contributed by atoms with van der Waals surface area (Å²) in [5.41, 5.74) is 1.40. The van der Waals surface area contributed by atoms with Crippen LogP contribution >= 0.6 is 11.6 Å². The standard InChI is InChI=1S/C7H10ClN3O2/c8-2-1-4-10-5-3-9-7(10)6-11(12)13/h1-2,6,9H,3-5H2/b2-1-,7-6+. The molecule has 1 fully saturated rings. The Kier molecular flexibility index (Phi) is 3.57. The van der Waals surface area contributed by atoms with Gasteiger partial charge in [-0.25, -0.2) is 0 Å². The lowest BCUT2D eigenvalue weighted by molar-refractivity contribution is -0.404.